The fourth-order valence-electron chi connectivity index (χ4n) is 6.31. The maximum atomic E-state index is 14.5. The molecule has 5 rings (SSSR count). The number of anilines is 1. The van der Waals surface area contributed by atoms with Crippen LogP contribution in [-0.4, -0.2) is 68.8 Å². The number of carbonyl (C=O) groups is 2. The topological polar surface area (TPSA) is 61.9 Å². The van der Waals surface area contributed by atoms with Gasteiger partial charge in [0.1, 0.15) is 17.8 Å². The molecule has 1 fully saturated rings. The summed E-state index contributed by atoms with van der Waals surface area (Å²) < 4.78 is 58.8. The number of alkyl halides is 3. The van der Waals surface area contributed by atoms with Gasteiger partial charge in [0.25, 0.3) is 0 Å². The van der Waals surface area contributed by atoms with Crippen LogP contribution >= 0.6 is 0 Å². The number of fused-ring (bicyclic) bond motifs is 3. The lowest BCUT2D eigenvalue weighted by molar-refractivity contribution is -0.141. The molecule has 228 valence electrons. The van der Waals surface area contributed by atoms with Gasteiger partial charge in [-0.2, -0.15) is 13.2 Å². The van der Waals surface area contributed by atoms with Gasteiger partial charge in [-0.15, -0.1) is 0 Å². The molecule has 1 heterocycles. The molecule has 1 N–H and O–H groups in total. The Labute approximate surface area is 248 Å². The molecule has 1 aliphatic carbocycles. The van der Waals surface area contributed by atoms with Crippen molar-refractivity contribution in [3.63, 3.8) is 0 Å². The average Bonchev–Trinajstić information content (AvgIpc) is 3.29. The standard InChI is InChI=1S/C33H35F4N3O3/c1-2-43-30(41)26-14-13-23(21-29(26)34)40-19-17-39(18-20-40)16-8-7-15-32(31(42)38-22-33(35,36)37)27-11-5-3-9-24(27)25-10-4-6-12-28(25)32/h3-6,9-14,21H,2,7-8,15-20,22H2,1H3,(H,38,42). The van der Waals surface area contributed by atoms with E-state index in [1.165, 1.54) is 12.1 Å². The van der Waals surface area contributed by atoms with Crippen LogP contribution in [0.25, 0.3) is 11.1 Å². The van der Waals surface area contributed by atoms with E-state index in [1.807, 2.05) is 48.5 Å². The highest BCUT2D eigenvalue weighted by Gasteiger charge is 2.49. The fraction of sp³-hybridized carbons (Fsp3) is 0.394. The molecule has 0 saturated carbocycles. The molecule has 2 aliphatic rings. The number of hydrogen-bond donors (Lipinski definition) is 1. The van der Waals surface area contributed by atoms with E-state index in [9.17, 15) is 27.2 Å². The van der Waals surface area contributed by atoms with E-state index in [-0.39, 0.29) is 12.2 Å². The summed E-state index contributed by atoms with van der Waals surface area (Å²) in [5.41, 5.74) is 2.66. The summed E-state index contributed by atoms with van der Waals surface area (Å²) in [5.74, 6) is -1.92. The summed E-state index contributed by atoms with van der Waals surface area (Å²) in [7, 11) is 0. The third kappa shape index (κ3) is 6.39. The van der Waals surface area contributed by atoms with Crippen LogP contribution < -0.4 is 10.2 Å². The zero-order valence-electron chi connectivity index (χ0n) is 24.1. The van der Waals surface area contributed by atoms with Crippen molar-refractivity contribution in [3.8, 4) is 11.1 Å². The lowest BCUT2D eigenvalue weighted by Gasteiger charge is -2.36. The molecule has 3 aromatic carbocycles. The third-order valence-electron chi connectivity index (χ3n) is 8.36. The number of hydrogen-bond acceptors (Lipinski definition) is 5. The molecule has 10 heteroatoms. The van der Waals surface area contributed by atoms with Crippen molar-refractivity contribution in [3.05, 3.63) is 89.2 Å². The van der Waals surface area contributed by atoms with Crippen molar-refractivity contribution in [1.29, 1.82) is 0 Å². The number of unbranched alkanes of at least 4 members (excludes halogenated alkanes) is 1. The minimum Gasteiger partial charge on any atom is -0.462 e. The number of rotatable bonds is 10. The van der Waals surface area contributed by atoms with Crippen molar-refractivity contribution in [1.82, 2.24) is 10.2 Å². The van der Waals surface area contributed by atoms with Gasteiger partial charge in [0.05, 0.1) is 12.2 Å². The van der Waals surface area contributed by atoms with Crippen molar-refractivity contribution in [2.75, 3.05) is 50.8 Å². The maximum absolute atomic E-state index is 14.5. The van der Waals surface area contributed by atoms with Crippen LogP contribution in [0.1, 0.15) is 47.7 Å². The van der Waals surface area contributed by atoms with E-state index in [4.69, 9.17) is 4.74 Å². The lowest BCUT2D eigenvalue weighted by Crippen LogP contribution is -2.47. The first kappa shape index (κ1) is 30.5. The van der Waals surface area contributed by atoms with Gasteiger partial charge in [-0.1, -0.05) is 55.0 Å². The van der Waals surface area contributed by atoms with Gasteiger partial charge in [0.2, 0.25) is 5.91 Å². The Morgan fingerprint density at radius 2 is 1.53 bits per heavy atom. The molecular weight excluding hydrogens is 562 g/mol. The number of carbonyl (C=O) groups excluding carboxylic acids is 2. The number of piperazine rings is 1. The smallest absolute Gasteiger partial charge is 0.405 e. The number of nitrogens with one attached hydrogen (secondary N) is 1. The molecule has 1 amide bonds. The van der Waals surface area contributed by atoms with Crippen molar-refractivity contribution in [2.45, 2.75) is 37.8 Å². The predicted octanol–water partition coefficient (Wildman–Crippen LogP) is 5.94. The molecule has 3 aromatic rings. The lowest BCUT2D eigenvalue weighted by atomic mass is 9.73. The second-order valence-electron chi connectivity index (χ2n) is 11.0. The first-order valence-corrected chi connectivity index (χ1v) is 14.6. The first-order chi connectivity index (χ1) is 20.6. The molecule has 6 nitrogen and oxygen atoms in total. The van der Waals surface area contributed by atoms with E-state index >= 15 is 0 Å². The minimum absolute atomic E-state index is 0.0818. The Balaban J connectivity index is 1.22. The Bertz CT molecular complexity index is 1420. The molecule has 1 saturated heterocycles. The number of ether oxygens (including phenoxy) is 1. The molecular formula is C33H35F4N3O3. The molecule has 0 atom stereocenters. The molecule has 0 radical (unpaired) electrons. The second-order valence-corrected chi connectivity index (χ2v) is 11.0. The highest BCUT2D eigenvalue weighted by atomic mass is 19.4. The monoisotopic (exact) mass is 597 g/mol. The second kappa shape index (κ2) is 12.8. The van der Waals surface area contributed by atoms with Gasteiger partial charge < -0.3 is 15.0 Å². The zero-order valence-corrected chi connectivity index (χ0v) is 24.1. The molecule has 43 heavy (non-hydrogen) atoms. The summed E-state index contributed by atoms with van der Waals surface area (Å²) in [4.78, 5) is 29.9. The summed E-state index contributed by atoms with van der Waals surface area (Å²) in [5, 5.41) is 2.19. The largest absolute Gasteiger partial charge is 0.462 e. The van der Waals surface area contributed by atoms with Crippen LogP contribution in [0.15, 0.2) is 66.7 Å². The fourth-order valence-corrected chi connectivity index (χ4v) is 6.31. The molecule has 0 aromatic heterocycles. The average molecular weight is 598 g/mol. The van der Waals surface area contributed by atoms with Gasteiger partial charge in [0, 0.05) is 31.9 Å². The van der Waals surface area contributed by atoms with Gasteiger partial charge in [-0.3, -0.25) is 9.69 Å². The Morgan fingerprint density at radius 3 is 2.12 bits per heavy atom. The number of esters is 1. The summed E-state index contributed by atoms with van der Waals surface area (Å²) in [6, 6.07) is 19.5. The number of nitrogens with zero attached hydrogens (tertiary/aromatic N) is 2. The normalized spacial score (nSPS) is 16.0. The zero-order chi connectivity index (χ0) is 30.6. The highest BCUT2D eigenvalue weighted by Crippen LogP contribution is 2.51. The number of amides is 1. The van der Waals surface area contributed by atoms with Crippen LogP contribution in [0.4, 0.5) is 23.2 Å². The van der Waals surface area contributed by atoms with Gasteiger partial charge in [0.15, 0.2) is 0 Å². The minimum atomic E-state index is -4.51. The molecule has 0 bridgehead atoms. The number of benzene rings is 3. The van der Waals surface area contributed by atoms with E-state index in [0.29, 0.717) is 31.6 Å². The quantitative estimate of drug-likeness (QED) is 0.178. The Morgan fingerprint density at radius 1 is 0.907 bits per heavy atom. The maximum Gasteiger partial charge on any atom is 0.405 e. The first-order valence-electron chi connectivity index (χ1n) is 14.6. The van der Waals surface area contributed by atoms with Gasteiger partial charge in [-0.05, 0) is 66.8 Å². The van der Waals surface area contributed by atoms with Crippen LogP contribution in [0.2, 0.25) is 0 Å². The van der Waals surface area contributed by atoms with Crippen molar-refractivity contribution < 1.29 is 31.9 Å². The number of halogens is 4. The summed E-state index contributed by atoms with van der Waals surface area (Å²) >= 11 is 0. The van der Waals surface area contributed by atoms with Crippen LogP contribution in [0.3, 0.4) is 0 Å². The van der Waals surface area contributed by atoms with Gasteiger partial charge >= 0.3 is 12.1 Å². The van der Waals surface area contributed by atoms with Crippen molar-refractivity contribution in [2.24, 2.45) is 0 Å². The van der Waals surface area contributed by atoms with E-state index < -0.39 is 35.8 Å². The van der Waals surface area contributed by atoms with E-state index in [0.717, 1.165) is 48.3 Å². The SMILES string of the molecule is CCOC(=O)c1ccc(N2CCN(CCCCC3(C(=O)NCC(F)(F)F)c4ccccc4-c4ccccc43)CC2)cc1F. The third-order valence-corrected chi connectivity index (χ3v) is 8.36. The molecule has 0 spiro atoms. The highest BCUT2D eigenvalue weighted by molar-refractivity contribution is 6.00. The van der Waals surface area contributed by atoms with E-state index in [2.05, 4.69) is 15.1 Å². The summed E-state index contributed by atoms with van der Waals surface area (Å²) in [6.45, 7) is 4.11. The molecule has 1 aliphatic heterocycles. The van der Waals surface area contributed by atoms with Crippen LogP contribution in [0.5, 0.6) is 0 Å². The molecule has 0 unspecified atom stereocenters. The van der Waals surface area contributed by atoms with Crippen LogP contribution in [-0.2, 0) is 14.9 Å². The van der Waals surface area contributed by atoms with Crippen molar-refractivity contribution >= 4 is 17.6 Å². The Kier molecular flexibility index (Phi) is 9.05. The Hall–Kier alpha value is -3.92. The summed E-state index contributed by atoms with van der Waals surface area (Å²) in [6.07, 6.45) is -2.72. The van der Waals surface area contributed by atoms with Crippen LogP contribution in [0, 0.1) is 5.82 Å². The van der Waals surface area contributed by atoms with E-state index in [1.54, 1.807) is 13.0 Å². The predicted molar refractivity (Wildman–Crippen MR) is 157 cm³/mol. The van der Waals surface area contributed by atoms with Gasteiger partial charge in [-0.25, -0.2) is 9.18 Å².